The van der Waals surface area contributed by atoms with Gasteiger partial charge in [-0.25, -0.2) is 4.98 Å². The van der Waals surface area contributed by atoms with Crippen molar-refractivity contribution in [1.82, 2.24) is 4.98 Å². The lowest BCUT2D eigenvalue weighted by molar-refractivity contribution is 0.102. The van der Waals surface area contributed by atoms with Gasteiger partial charge in [0.25, 0.3) is 5.91 Å². The molecule has 2 heterocycles. The van der Waals surface area contributed by atoms with Gasteiger partial charge in [-0.15, -0.1) is 11.3 Å². The van der Waals surface area contributed by atoms with Crippen LogP contribution in [0, 0.1) is 6.92 Å². The van der Waals surface area contributed by atoms with Crippen LogP contribution >= 0.6 is 11.3 Å². The standard InChI is InChI=1S/C21H16N2O3S/c1-14-7-12-19(25-14)18-13-27-21(22-18)23-20(24)15-8-10-17(11-9-15)26-16-5-3-2-4-6-16/h2-13H,1H3,(H,22,23,24). The van der Waals surface area contributed by atoms with Crippen molar-refractivity contribution in [2.45, 2.75) is 6.92 Å². The number of carbonyl (C=O) groups is 1. The summed E-state index contributed by atoms with van der Waals surface area (Å²) in [7, 11) is 0. The van der Waals surface area contributed by atoms with Crippen molar-refractivity contribution in [2.24, 2.45) is 0 Å². The molecule has 6 heteroatoms. The largest absolute Gasteiger partial charge is 0.460 e. The monoisotopic (exact) mass is 376 g/mol. The molecule has 5 nitrogen and oxygen atoms in total. The molecule has 0 bridgehead atoms. The van der Waals surface area contributed by atoms with E-state index in [4.69, 9.17) is 9.15 Å². The van der Waals surface area contributed by atoms with Gasteiger partial charge in [0.1, 0.15) is 23.0 Å². The van der Waals surface area contributed by atoms with Crippen molar-refractivity contribution in [3.05, 3.63) is 83.4 Å². The first-order valence-corrected chi connectivity index (χ1v) is 9.22. The number of hydrogen-bond donors (Lipinski definition) is 1. The Kier molecular flexibility index (Phi) is 4.72. The second kappa shape index (κ2) is 7.47. The molecule has 0 fully saturated rings. The molecule has 27 heavy (non-hydrogen) atoms. The van der Waals surface area contributed by atoms with Gasteiger partial charge in [-0.05, 0) is 55.5 Å². The number of benzene rings is 2. The zero-order valence-corrected chi connectivity index (χ0v) is 15.3. The third-order valence-corrected chi connectivity index (χ3v) is 4.57. The maximum Gasteiger partial charge on any atom is 0.257 e. The van der Waals surface area contributed by atoms with Gasteiger partial charge >= 0.3 is 0 Å². The molecular weight excluding hydrogens is 360 g/mol. The van der Waals surface area contributed by atoms with Crippen LogP contribution in [0.2, 0.25) is 0 Å². The van der Waals surface area contributed by atoms with Crippen LogP contribution in [-0.2, 0) is 0 Å². The van der Waals surface area contributed by atoms with Crippen LogP contribution in [0.5, 0.6) is 11.5 Å². The van der Waals surface area contributed by atoms with Crippen molar-refractivity contribution in [3.8, 4) is 23.0 Å². The number of nitrogens with zero attached hydrogens (tertiary/aromatic N) is 1. The van der Waals surface area contributed by atoms with Gasteiger partial charge < -0.3 is 9.15 Å². The summed E-state index contributed by atoms with van der Waals surface area (Å²) in [5, 5.41) is 5.18. The highest BCUT2D eigenvalue weighted by molar-refractivity contribution is 7.14. The Morgan fingerprint density at radius 1 is 1.00 bits per heavy atom. The van der Waals surface area contributed by atoms with Crippen LogP contribution in [0.1, 0.15) is 16.1 Å². The molecule has 4 aromatic rings. The lowest BCUT2D eigenvalue weighted by Gasteiger charge is -2.06. The highest BCUT2D eigenvalue weighted by Crippen LogP contribution is 2.27. The van der Waals surface area contributed by atoms with Crippen molar-refractivity contribution >= 4 is 22.4 Å². The molecule has 0 aliphatic rings. The van der Waals surface area contributed by atoms with Gasteiger partial charge in [0.2, 0.25) is 0 Å². The summed E-state index contributed by atoms with van der Waals surface area (Å²) in [5.41, 5.74) is 1.23. The number of anilines is 1. The van der Waals surface area contributed by atoms with E-state index in [-0.39, 0.29) is 5.91 Å². The van der Waals surface area contributed by atoms with Crippen LogP contribution in [-0.4, -0.2) is 10.9 Å². The van der Waals surface area contributed by atoms with Crippen LogP contribution in [0.25, 0.3) is 11.5 Å². The fourth-order valence-electron chi connectivity index (χ4n) is 2.48. The Labute approximate surface area is 160 Å². The highest BCUT2D eigenvalue weighted by atomic mass is 32.1. The number of amides is 1. The van der Waals surface area contributed by atoms with Crippen LogP contribution in [0.3, 0.4) is 0 Å². The summed E-state index contributed by atoms with van der Waals surface area (Å²) >= 11 is 1.35. The number of hydrogen-bond acceptors (Lipinski definition) is 5. The molecule has 0 saturated carbocycles. The molecule has 4 rings (SSSR count). The molecule has 0 radical (unpaired) electrons. The molecule has 0 saturated heterocycles. The SMILES string of the molecule is Cc1ccc(-c2csc(NC(=O)c3ccc(Oc4ccccc4)cc3)n2)o1. The van der Waals surface area contributed by atoms with E-state index >= 15 is 0 Å². The number of rotatable bonds is 5. The fourth-order valence-corrected chi connectivity index (χ4v) is 3.18. The molecule has 0 aliphatic heterocycles. The Morgan fingerprint density at radius 3 is 2.44 bits per heavy atom. The minimum absolute atomic E-state index is 0.224. The number of aryl methyl sites for hydroxylation is 1. The Morgan fingerprint density at radius 2 is 1.74 bits per heavy atom. The fraction of sp³-hybridized carbons (Fsp3) is 0.0476. The minimum Gasteiger partial charge on any atom is -0.460 e. The van der Waals surface area contributed by atoms with E-state index in [9.17, 15) is 4.79 Å². The lowest BCUT2D eigenvalue weighted by atomic mass is 10.2. The molecule has 1 amide bonds. The van der Waals surface area contributed by atoms with Crippen molar-refractivity contribution in [2.75, 3.05) is 5.32 Å². The van der Waals surface area contributed by atoms with Gasteiger partial charge in [0, 0.05) is 10.9 Å². The van der Waals surface area contributed by atoms with Gasteiger partial charge in [-0.1, -0.05) is 18.2 Å². The summed E-state index contributed by atoms with van der Waals surface area (Å²) in [5.74, 6) is 2.70. The third kappa shape index (κ3) is 4.07. The van der Waals surface area contributed by atoms with E-state index in [2.05, 4.69) is 10.3 Å². The number of para-hydroxylation sites is 1. The molecule has 2 aromatic carbocycles. The summed E-state index contributed by atoms with van der Waals surface area (Å²) in [4.78, 5) is 16.8. The van der Waals surface area contributed by atoms with E-state index in [1.807, 2.05) is 54.8 Å². The maximum absolute atomic E-state index is 12.4. The van der Waals surface area contributed by atoms with Gasteiger partial charge in [0.05, 0.1) is 0 Å². The predicted octanol–water partition coefficient (Wildman–Crippen LogP) is 5.76. The second-order valence-electron chi connectivity index (χ2n) is 5.84. The van der Waals surface area contributed by atoms with Gasteiger partial charge in [0.15, 0.2) is 10.9 Å². The molecule has 0 atom stereocenters. The molecule has 0 aliphatic carbocycles. The zero-order chi connectivity index (χ0) is 18.6. The van der Waals surface area contributed by atoms with E-state index < -0.39 is 0 Å². The number of thiazole rings is 1. The van der Waals surface area contributed by atoms with Gasteiger partial charge in [-0.3, -0.25) is 10.1 Å². The summed E-state index contributed by atoms with van der Waals surface area (Å²) in [6.45, 7) is 1.88. The van der Waals surface area contributed by atoms with E-state index in [0.29, 0.717) is 27.9 Å². The number of aromatic nitrogens is 1. The first-order chi connectivity index (χ1) is 13.2. The number of nitrogens with one attached hydrogen (secondary N) is 1. The van der Waals surface area contributed by atoms with Crippen LogP contribution in [0.4, 0.5) is 5.13 Å². The third-order valence-electron chi connectivity index (χ3n) is 3.81. The van der Waals surface area contributed by atoms with E-state index in [0.717, 1.165) is 11.5 Å². The first-order valence-electron chi connectivity index (χ1n) is 8.34. The van der Waals surface area contributed by atoms with Crippen LogP contribution < -0.4 is 10.1 Å². The number of furan rings is 1. The van der Waals surface area contributed by atoms with E-state index in [1.165, 1.54) is 11.3 Å². The van der Waals surface area contributed by atoms with Crippen molar-refractivity contribution < 1.29 is 13.9 Å². The molecular formula is C21H16N2O3S. The zero-order valence-electron chi connectivity index (χ0n) is 14.5. The maximum atomic E-state index is 12.4. The normalized spacial score (nSPS) is 10.6. The molecule has 2 aromatic heterocycles. The van der Waals surface area contributed by atoms with Crippen LogP contribution in [0.15, 0.2) is 76.5 Å². The summed E-state index contributed by atoms with van der Waals surface area (Å²) in [6.07, 6.45) is 0. The smallest absolute Gasteiger partial charge is 0.257 e. The van der Waals surface area contributed by atoms with E-state index in [1.54, 1.807) is 24.3 Å². The number of ether oxygens (including phenoxy) is 1. The Hall–Kier alpha value is -3.38. The average Bonchev–Trinajstić information content (AvgIpc) is 3.32. The number of carbonyl (C=O) groups excluding carboxylic acids is 1. The van der Waals surface area contributed by atoms with Crippen molar-refractivity contribution in [1.29, 1.82) is 0 Å². The molecule has 134 valence electrons. The van der Waals surface area contributed by atoms with Crippen molar-refractivity contribution in [3.63, 3.8) is 0 Å². The quantitative estimate of drug-likeness (QED) is 0.481. The minimum atomic E-state index is -0.224. The first kappa shape index (κ1) is 17.1. The lowest BCUT2D eigenvalue weighted by Crippen LogP contribution is -2.11. The predicted molar refractivity (Wildman–Crippen MR) is 105 cm³/mol. The second-order valence-corrected chi connectivity index (χ2v) is 6.70. The topological polar surface area (TPSA) is 64.4 Å². The summed E-state index contributed by atoms with van der Waals surface area (Å²) < 4.78 is 11.3. The Bertz CT molecular complexity index is 1050. The Balaban J connectivity index is 1.42. The molecule has 0 spiro atoms. The molecule has 1 N–H and O–H groups in total. The van der Waals surface area contributed by atoms with Gasteiger partial charge in [-0.2, -0.15) is 0 Å². The summed E-state index contributed by atoms with van der Waals surface area (Å²) in [6, 6.07) is 20.2. The average molecular weight is 376 g/mol. The highest BCUT2D eigenvalue weighted by Gasteiger charge is 2.12. The molecule has 0 unspecified atom stereocenters.